The predicted octanol–water partition coefficient (Wildman–Crippen LogP) is 3.92. The standard InChI is InChI=1S/C25H28F2N8O/c1-15-29-20-4-3-19(31-23(20)34(15)14-22(26)27)18-5-8-35-21(18)13-28-24(32-35)30-17-11-25(12-17)6-9-33(10-7-25)16(2)36/h3-5,8,13,17,22H,6-7,9-12,14H2,1-2H3,(H,30,32). The SMILES string of the molecule is CC(=O)N1CCC2(CC1)CC(Nc1ncc3c(-c4ccc5nc(C)n(CC(F)F)c5n4)ccn3n1)C2. The van der Waals surface area contributed by atoms with E-state index < -0.39 is 13.0 Å². The first-order valence-electron chi connectivity index (χ1n) is 12.3. The number of carbonyl (C=O) groups excluding carboxylic acids is 1. The number of hydrogen-bond acceptors (Lipinski definition) is 6. The van der Waals surface area contributed by atoms with Crippen molar-refractivity contribution in [2.24, 2.45) is 5.41 Å². The van der Waals surface area contributed by atoms with Crippen molar-refractivity contribution < 1.29 is 13.6 Å². The molecule has 0 bridgehead atoms. The van der Waals surface area contributed by atoms with E-state index in [4.69, 9.17) is 0 Å². The molecular weight excluding hydrogens is 466 g/mol. The number of nitrogens with zero attached hydrogens (tertiary/aromatic N) is 7. The van der Waals surface area contributed by atoms with E-state index in [0.29, 0.717) is 40.1 Å². The number of fused-ring (bicyclic) bond motifs is 2. The molecule has 1 spiro atoms. The van der Waals surface area contributed by atoms with Gasteiger partial charge in [-0.25, -0.2) is 28.2 Å². The average molecular weight is 495 g/mol. The summed E-state index contributed by atoms with van der Waals surface area (Å²) in [4.78, 5) is 27.1. The van der Waals surface area contributed by atoms with Gasteiger partial charge in [0.1, 0.15) is 11.3 Å². The van der Waals surface area contributed by atoms with Crippen LogP contribution in [0.1, 0.15) is 38.4 Å². The maximum absolute atomic E-state index is 13.1. The fourth-order valence-corrected chi connectivity index (χ4v) is 5.78. The highest BCUT2D eigenvalue weighted by molar-refractivity contribution is 5.82. The lowest BCUT2D eigenvalue weighted by atomic mass is 9.60. The first kappa shape index (κ1) is 22.8. The Balaban J connectivity index is 1.18. The molecule has 6 rings (SSSR count). The van der Waals surface area contributed by atoms with Crippen LogP contribution in [0.2, 0.25) is 0 Å². The molecule has 4 aromatic rings. The molecule has 9 nitrogen and oxygen atoms in total. The van der Waals surface area contributed by atoms with Gasteiger partial charge in [0.25, 0.3) is 6.43 Å². The van der Waals surface area contributed by atoms with Crippen molar-refractivity contribution in [3.63, 3.8) is 0 Å². The fourth-order valence-electron chi connectivity index (χ4n) is 5.78. The first-order valence-corrected chi connectivity index (χ1v) is 12.3. The zero-order valence-electron chi connectivity index (χ0n) is 20.3. The van der Waals surface area contributed by atoms with Crippen LogP contribution in [0.15, 0.2) is 30.6 Å². The molecule has 0 aromatic carbocycles. The summed E-state index contributed by atoms with van der Waals surface area (Å²) in [6.07, 6.45) is 5.36. The Kier molecular flexibility index (Phi) is 5.38. The summed E-state index contributed by atoms with van der Waals surface area (Å²) < 4.78 is 29.4. The van der Waals surface area contributed by atoms with E-state index in [9.17, 15) is 13.6 Å². The van der Waals surface area contributed by atoms with Crippen LogP contribution in [0.25, 0.3) is 27.9 Å². The number of aromatic nitrogens is 6. The topological polar surface area (TPSA) is 93.2 Å². The smallest absolute Gasteiger partial charge is 0.256 e. The van der Waals surface area contributed by atoms with Crippen LogP contribution in [0.4, 0.5) is 14.7 Å². The van der Waals surface area contributed by atoms with Gasteiger partial charge in [0.15, 0.2) is 5.65 Å². The molecular formula is C25H28F2N8O. The minimum Gasteiger partial charge on any atom is -0.350 e. The Morgan fingerprint density at radius 1 is 1.19 bits per heavy atom. The van der Waals surface area contributed by atoms with E-state index in [1.807, 2.05) is 23.2 Å². The number of rotatable bonds is 5. The van der Waals surface area contributed by atoms with Crippen molar-refractivity contribution in [3.05, 3.63) is 36.4 Å². The zero-order valence-corrected chi connectivity index (χ0v) is 20.3. The Hall–Kier alpha value is -3.63. The summed E-state index contributed by atoms with van der Waals surface area (Å²) in [7, 11) is 0. The molecule has 5 heterocycles. The van der Waals surface area contributed by atoms with Gasteiger partial charge in [-0.05, 0) is 56.2 Å². The maximum Gasteiger partial charge on any atom is 0.256 e. The number of pyridine rings is 1. The van der Waals surface area contributed by atoms with Gasteiger partial charge in [-0.3, -0.25) is 4.79 Å². The molecule has 4 aromatic heterocycles. The predicted molar refractivity (Wildman–Crippen MR) is 131 cm³/mol. The molecule has 1 saturated heterocycles. The van der Waals surface area contributed by atoms with E-state index in [-0.39, 0.29) is 5.91 Å². The minimum atomic E-state index is -2.49. The van der Waals surface area contributed by atoms with Crippen molar-refractivity contribution in [1.29, 1.82) is 0 Å². The number of likely N-dealkylation sites (tertiary alicyclic amines) is 1. The third-order valence-corrected chi connectivity index (χ3v) is 7.76. The van der Waals surface area contributed by atoms with Crippen molar-refractivity contribution in [3.8, 4) is 11.3 Å². The fraction of sp³-hybridized carbons (Fsp3) is 0.480. The summed E-state index contributed by atoms with van der Waals surface area (Å²) in [6, 6.07) is 5.88. The van der Waals surface area contributed by atoms with Crippen LogP contribution in [-0.4, -0.2) is 65.5 Å². The molecule has 1 saturated carbocycles. The van der Waals surface area contributed by atoms with Gasteiger partial charge < -0.3 is 14.8 Å². The van der Waals surface area contributed by atoms with Crippen LogP contribution < -0.4 is 5.32 Å². The normalized spacial score (nSPS) is 17.9. The molecule has 1 aliphatic carbocycles. The highest BCUT2D eigenvalue weighted by Gasteiger charge is 2.46. The van der Waals surface area contributed by atoms with Crippen molar-refractivity contribution >= 4 is 28.5 Å². The zero-order chi connectivity index (χ0) is 25.0. The van der Waals surface area contributed by atoms with Crippen molar-refractivity contribution in [2.45, 2.75) is 58.5 Å². The number of piperidine rings is 1. The highest BCUT2D eigenvalue weighted by Crippen LogP contribution is 2.49. The summed E-state index contributed by atoms with van der Waals surface area (Å²) >= 11 is 0. The number of aryl methyl sites for hydroxylation is 1. The van der Waals surface area contributed by atoms with E-state index in [0.717, 1.165) is 49.9 Å². The molecule has 0 unspecified atom stereocenters. The Labute approximate surface area is 206 Å². The van der Waals surface area contributed by atoms with Crippen molar-refractivity contribution in [1.82, 2.24) is 34.0 Å². The second kappa shape index (κ2) is 8.49. The molecule has 36 heavy (non-hydrogen) atoms. The number of alkyl halides is 2. The molecule has 1 amide bonds. The maximum atomic E-state index is 13.1. The lowest BCUT2D eigenvalue weighted by Gasteiger charge is -2.52. The van der Waals surface area contributed by atoms with Crippen LogP contribution in [-0.2, 0) is 11.3 Å². The van der Waals surface area contributed by atoms with Gasteiger partial charge in [0, 0.05) is 37.8 Å². The van der Waals surface area contributed by atoms with Crippen LogP contribution >= 0.6 is 0 Å². The summed E-state index contributed by atoms with van der Waals surface area (Å²) in [5.74, 6) is 1.24. The number of hydrogen-bond donors (Lipinski definition) is 1. The largest absolute Gasteiger partial charge is 0.350 e. The first-order chi connectivity index (χ1) is 17.3. The quantitative estimate of drug-likeness (QED) is 0.452. The molecule has 2 fully saturated rings. The van der Waals surface area contributed by atoms with Gasteiger partial charge in [0.2, 0.25) is 11.9 Å². The van der Waals surface area contributed by atoms with E-state index in [1.165, 1.54) is 4.57 Å². The van der Waals surface area contributed by atoms with Gasteiger partial charge in [0.05, 0.1) is 24.0 Å². The molecule has 1 aliphatic heterocycles. The number of nitrogens with one attached hydrogen (secondary N) is 1. The third kappa shape index (κ3) is 3.96. The minimum absolute atomic E-state index is 0.163. The second-order valence-corrected chi connectivity index (χ2v) is 10.1. The van der Waals surface area contributed by atoms with Gasteiger partial charge in [-0.2, -0.15) is 0 Å². The van der Waals surface area contributed by atoms with E-state index >= 15 is 0 Å². The summed E-state index contributed by atoms with van der Waals surface area (Å²) in [6.45, 7) is 4.60. The average Bonchev–Trinajstić information content (AvgIpc) is 3.38. The Morgan fingerprint density at radius 2 is 1.97 bits per heavy atom. The Bertz CT molecular complexity index is 1450. The van der Waals surface area contributed by atoms with Gasteiger partial charge in [-0.1, -0.05) is 0 Å². The van der Waals surface area contributed by atoms with E-state index in [1.54, 1.807) is 30.6 Å². The van der Waals surface area contributed by atoms with Crippen molar-refractivity contribution in [2.75, 3.05) is 18.4 Å². The monoisotopic (exact) mass is 494 g/mol. The molecule has 0 atom stereocenters. The summed E-state index contributed by atoms with van der Waals surface area (Å²) in [5.41, 5.74) is 3.62. The number of anilines is 1. The number of amides is 1. The third-order valence-electron chi connectivity index (χ3n) is 7.76. The van der Waals surface area contributed by atoms with Crippen LogP contribution in [0.5, 0.6) is 0 Å². The molecule has 2 aliphatic rings. The van der Waals surface area contributed by atoms with Crippen LogP contribution in [0.3, 0.4) is 0 Å². The number of carbonyl (C=O) groups is 1. The lowest BCUT2D eigenvalue weighted by molar-refractivity contribution is -0.132. The molecule has 11 heteroatoms. The number of halogens is 2. The summed E-state index contributed by atoms with van der Waals surface area (Å²) in [5, 5.41) is 8.09. The molecule has 0 radical (unpaired) electrons. The van der Waals surface area contributed by atoms with Gasteiger partial charge >= 0.3 is 0 Å². The Morgan fingerprint density at radius 3 is 2.69 bits per heavy atom. The van der Waals surface area contributed by atoms with Crippen LogP contribution in [0, 0.1) is 12.3 Å². The molecule has 1 N–H and O–H groups in total. The highest BCUT2D eigenvalue weighted by atomic mass is 19.3. The number of imidazole rings is 1. The molecule has 188 valence electrons. The van der Waals surface area contributed by atoms with Gasteiger partial charge in [-0.15, -0.1) is 5.10 Å². The lowest BCUT2D eigenvalue weighted by Crippen LogP contribution is -2.52. The second-order valence-electron chi connectivity index (χ2n) is 10.1. The van der Waals surface area contributed by atoms with E-state index in [2.05, 4.69) is 25.4 Å².